The van der Waals surface area contributed by atoms with Gasteiger partial charge in [-0.25, -0.2) is 0 Å². The van der Waals surface area contributed by atoms with Gasteiger partial charge in [-0.1, -0.05) is 18.2 Å². The molecule has 0 bridgehead atoms. The minimum absolute atomic E-state index is 0.135. The summed E-state index contributed by atoms with van der Waals surface area (Å²) in [5, 5.41) is 2.81. The highest BCUT2D eigenvalue weighted by molar-refractivity contribution is 5.95. The second-order valence-electron chi connectivity index (χ2n) is 5.81. The molecule has 1 saturated heterocycles. The van der Waals surface area contributed by atoms with Gasteiger partial charge < -0.3 is 14.8 Å². The van der Waals surface area contributed by atoms with Crippen LogP contribution in [0, 0.1) is 0 Å². The number of nitrogens with zero attached hydrogens (tertiary/aromatic N) is 2. The van der Waals surface area contributed by atoms with Crippen LogP contribution in [0.15, 0.2) is 47.3 Å². The lowest BCUT2D eigenvalue weighted by molar-refractivity contribution is -0.117. The van der Waals surface area contributed by atoms with Gasteiger partial charge in [0.1, 0.15) is 5.69 Å². The maximum atomic E-state index is 12.2. The van der Waals surface area contributed by atoms with Gasteiger partial charge in [0.25, 0.3) is 11.5 Å². The Labute approximate surface area is 139 Å². The Balaban J connectivity index is 1.70. The number of carbonyl (C=O) groups excluding carboxylic acids is 2. The highest BCUT2D eigenvalue weighted by Crippen LogP contribution is 2.22. The Morgan fingerprint density at radius 2 is 1.96 bits per heavy atom. The fourth-order valence-corrected chi connectivity index (χ4v) is 2.82. The fraction of sp³-hybridized carbons (Fsp3) is 0.278. The van der Waals surface area contributed by atoms with Gasteiger partial charge in [-0.2, -0.15) is 0 Å². The highest BCUT2D eigenvalue weighted by Gasteiger charge is 2.21. The zero-order valence-electron chi connectivity index (χ0n) is 13.5. The summed E-state index contributed by atoms with van der Waals surface area (Å²) < 4.78 is 1.31. The fourth-order valence-electron chi connectivity index (χ4n) is 2.82. The van der Waals surface area contributed by atoms with E-state index in [2.05, 4.69) is 5.32 Å². The van der Waals surface area contributed by atoms with E-state index in [-0.39, 0.29) is 17.4 Å². The normalized spacial score (nSPS) is 14.0. The molecule has 1 aromatic carbocycles. The molecular weight excluding hydrogens is 306 g/mol. The number of benzene rings is 1. The van der Waals surface area contributed by atoms with Crippen LogP contribution in [0.4, 0.5) is 5.69 Å². The van der Waals surface area contributed by atoms with Crippen molar-refractivity contribution in [2.75, 3.05) is 11.4 Å². The Morgan fingerprint density at radius 1 is 1.17 bits per heavy atom. The Hall–Kier alpha value is -2.89. The van der Waals surface area contributed by atoms with Crippen molar-refractivity contribution in [3.05, 3.63) is 64.1 Å². The van der Waals surface area contributed by atoms with Crippen LogP contribution in [-0.2, 0) is 18.4 Å². The number of rotatable bonds is 4. The molecule has 2 aromatic rings. The predicted molar refractivity (Wildman–Crippen MR) is 90.9 cm³/mol. The van der Waals surface area contributed by atoms with Crippen LogP contribution >= 0.6 is 0 Å². The first-order valence-electron chi connectivity index (χ1n) is 7.90. The molecule has 1 aromatic heterocycles. The van der Waals surface area contributed by atoms with E-state index in [4.69, 9.17) is 0 Å². The number of amides is 2. The van der Waals surface area contributed by atoms with Gasteiger partial charge in [-0.3, -0.25) is 14.4 Å². The Kier molecular flexibility index (Phi) is 4.46. The third-order valence-corrected chi connectivity index (χ3v) is 4.17. The molecule has 0 aliphatic carbocycles. The molecule has 0 saturated carbocycles. The molecule has 2 heterocycles. The molecule has 0 spiro atoms. The van der Waals surface area contributed by atoms with E-state index in [1.165, 1.54) is 10.6 Å². The molecule has 2 amide bonds. The van der Waals surface area contributed by atoms with Gasteiger partial charge in [0, 0.05) is 38.3 Å². The van der Waals surface area contributed by atoms with Gasteiger partial charge in [0.2, 0.25) is 5.91 Å². The van der Waals surface area contributed by atoms with E-state index in [0.29, 0.717) is 18.7 Å². The summed E-state index contributed by atoms with van der Waals surface area (Å²) in [5.74, 6) is -0.173. The van der Waals surface area contributed by atoms with Gasteiger partial charge in [-0.05, 0) is 30.2 Å². The summed E-state index contributed by atoms with van der Waals surface area (Å²) in [7, 11) is 1.57. The maximum Gasteiger partial charge on any atom is 0.268 e. The number of carbonyl (C=O) groups is 2. The quantitative estimate of drug-likeness (QED) is 0.925. The topological polar surface area (TPSA) is 71.4 Å². The zero-order valence-corrected chi connectivity index (χ0v) is 13.5. The van der Waals surface area contributed by atoms with Crippen LogP contribution in [0.1, 0.15) is 28.9 Å². The molecule has 1 aliphatic heterocycles. The van der Waals surface area contributed by atoms with Crippen molar-refractivity contribution in [2.45, 2.75) is 19.4 Å². The van der Waals surface area contributed by atoms with E-state index in [0.717, 1.165) is 24.2 Å². The molecule has 0 radical (unpaired) electrons. The van der Waals surface area contributed by atoms with Crippen molar-refractivity contribution < 1.29 is 9.59 Å². The lowest BCUT2D eigenvalue weighted by Crippen LogP contribution is -2.30. The van der Waals surface area contributed by atoms with Gasteiger partial charge in [0.05, 0.1) is 0 Å². The van der Waals surface area contributed by atoms with E-state index >= 15 is 0 Å². The summed E-state index contributed by atoms with van der Waals surface area (Å²) >= 11 is 0. The number of aromatic nitrogens is 1. The van der Waals surface area contributed by atoms with Crippen molar-refractivity contribution in [3.8, 4) is 0 Å². The lowest BCUT2D eigenvalue weighted by atomic mass is 10.2. The Bertz CT molecular complexity index is 841. The lowest BCUT2D eigenvalue weighted by Gasteiger charge is -2.17. The van der Waals surface area contributed by atoms with Crippen LogP contribution in [0.5, 0.6) is 0 Å². The standard InChI is InChI=1S/C18H19N3O3/c1-20-15(7-3-8-16(20)22)18(24)19-12-13-5-2-6-14(11-13)21-10-4-9-17(21)23/h2-3,5-8,11H,4,9-10,12H2,1H3,(H,19,24). The van der Waals surface area contributed by atoms with E-state index < -0.39 is 0 Å². The molecule has 24 heavy (non-hydrogen) atoms. The van der Waals surface area contributed by atoms with Crippen LogP contribution < -0.4 is 15.8 Å². The maximum absolute atomic E-state index is 12.2. The zero-order chi connectivity index (χ0) is 17.1. The number of hydrogen-bond acceptors (Lipinski definition) is 3. The Morgan fingerprint density at radius 3 is 2.71 bits per heavy atom. The van der Waals surface area contributed by atoms with E-state index in [9.17, 15) is 14.4 Å². The third kappa shape index (κ3) is 3.22. The largest absolute Gasteiger partial charge is 0.347 e. The molecule has 0 atom stereocenters. The van der Waals surface area contributed by atoms with Crippen LogP contribution in [0.25, 0.3) is 0 Å². The SMILES string of the molecule is Cn1c(C(=O)NCc2cccc(N3CCCC3=O)c2)cccc1=O. The van der Waals surface area contributed by atoms with Crippen LogP contribution in [0.3, 0.4) is 0 Å². The van der Waals surface area contributed by atoms with Gasteiger partial charge in [0.15, 0.2) is 0 Å². The molecule has 1 fully saturated rings. The summed E-state index contributed by atoms with van der Waals surface area (Å²) in [4.78, 5) is 37.4. The first-order chi connectivity index (χ1) is 11.6. The summed E-state index contributed by atoms with van der Waals surface area (Å²) in [6.07, 6.45) is 1.46. The molecular formula is C18H19N3O3. The predicted octanol–water partition coefficient (Wildman–Crippen LogP) is 1.44. The molecule has 1 N–H and O–H groups in total. The first-order valence-corrected chi connectivity index (χ1v) is 7.90. The summed E-state index contributed by atoms with van der Waals surface area (Å²) in [6, 6.07) is 12.2. The minimum atomic E-state index is -0.308. The minimum Gasteiger partial charge on any atom is -0.347 e. The third-order valence-electron chi connectivity index (χ3n) is 4.17. The number of anilines is 1. The van der Waals surface area contributed by atoms with Crippen molar-refractivity contribution in [3.63, 3.8) is 0 Å². The molecule has 0 unspecified atom stereocenters. The molecule has 6 heteroatoms. The van der Waals surface area contributed by atoms with Crippen molar-refractivity contribution >= 4 is 17.5 Å². The molecule has 124 valence electrons. The van der Waals surface area contributed by atoms with Crippen molar-refractivity contribution in [1.82, 2.24) is 9.88 Å². The second kappa shape index (κ2) is 6.70. The summed E-state index contributed by atoms with van der Waals surface area (Å²) in [6.45, 7) is 1.07. The number of nitrogens with one attached hydrogen (secondary N) is 1. The first kappa shape index (κ1) is 16.0. The molecule has 3 rings (SSSR count). The summed E-state index contributed by atoms with van der Waals surface area (Å²) in [5.41, 5.74) is 1.85. The molecule has 1 aliphatic rings. The van der Waals surface area contributed by atoms with Crippen molar-refractivity contribution in [2.24, 2.45) is 7.05 Å². The van der Waals surface area contributed by atoms with Crippen molar-refractivity contribution in [1.29, 1.82) is 0 Å². The van der Waals surface area contributed by atoms with Crippen LogP contribution in [-0.4, -0.2) is 22.9 Å². The highest BCUT2D eigenvalue weighted by atomic mass is 16.2. The molecule has 6 nitrogen and oxygen atoms in total. The van der Waals surface area contributed by atoms with E-state index in [1.807, 2.05) is 24.3 Å². The number of hydrogen-bond donors (Lipinski definition) is 1. The van der Waals surface area contributed by atoms with Crippen LogP contribution in [0.2, 0.25) is 0 Å². The monoisotopic (exact) mass is 325 g/mol. The van der Waals surface area contributed by atoms with Gasteiger partial charge in [-0.15, -0.1) is 0 Å². The second-order valence-corrected chi connectivity index (χ2v) is 5.81. The average molecular weight is 325 g/mol. The van der Waals surface area contributed by atoms with Gasteiger partial charge >= 0.3 is 0 Å². The average Bonchev–Trinajstić information content (AvgIpc) is 3.01. The number of pyridine rings is 1. The van der Waals surface area contributed by atoms with E-state index in [1.54, 1.807) is 24.1 Å². The smallest absolute Gasteiger partial charge is 0.268 e.